The van der Waals surface area contributed by atoms with Gasteiger partial charge in [-0.15, -0.1) is 0 Å². The number of para-hydroxylation sites is 1. The van der Waals surface area contributed by atoms with Crippen LogP contribution in [-0.2, 0) is 9.59 Å². The standard InChI is InChI=1S/C20H20N2O4S/c23-18(24)9-3-1-2-6-10-22-19(25)17(27-20(22)26)12-14-11-15-7-4-5-8-16(15)21-13-14/h4-5,7-8,11-13H,1-3,6,9-10H2,(H,23,24)/b17-12-. The maximum atomic E-state index is 12.5. The molecule has 1 N–H and O–H groups in total. The zero-order chi connectivity index (χ0) is 19.2. The average molecular weight is 384 g/mol. The molecule has 6 nitrogen and oxygen atoms in total. The zero-order valence-electron chi connectivity index (χ0n) is 14.8. The Morgan fingerprint density at radius 2 is 1.93 bits per heavy atom. The van der Waals surface area contributed by atoms with E-state index in [9.17, 15) is 14.4 Å². The van der Waals surface area contributed by atoms with Gasteiger partial charge in [0.25, 0.3) is 11.1 Å². The molecule has 2 amide bonds. The largest absolute Gasteiger partial charge is 0.481 e. The monoisotopic (exact) mass is 384 g/mol. The second kappa shape index (κ2) is 8.81. The van der Waals surface area contributed by atoms with Crippen LogP contribution >= 0.6 is 11.8 Å². The molecule has 1 aromatic heterocycles. The summed E-state index contributed by atoms with van der Waals surface area (Å²) in [5.41, 5.74) is 1.67. The molecule has 0 atom stereocenters. The molecule has 1 saturated heterocycles. The van der Waals surface area contributed by atoms with Crippen molar-refractivity contribution < 1.29 is 19.5 Å². The number of thioether (sulfide) groups is 1. The number of aromatic nitrogens is 1. The van der Waals surface area contributed by atoms with Gasteiger partial charge in [0.1, 0.15) is 0 Å². The summed E-state index contributed by atoms with van der Waals surface area (Å²) >= 11 is 0.947. The predicted molar refractivity (Wildman–Crippen MR) is 105 cm³/mol. The Labute approximate surface area is 161 Å². The van der Waals surface area contributed by atoms with Gasteiger partial charge in [-0.2, -0.15) is 0 Å². The number of fused-ring (bicyclic) bond motifs is 1. The van der Waals surface area contributed by atoms with E-state index in [0.29, 0.717) is 24.3 Å². The van der Waals surface area contributed by atoms with Crippen molar-refractivity contribution in [2.75, 3.05) is 6.54 Å². The lowest BCUT2D eigenvalue weighted by Crippen LogP contribution is -2.29. The smallest absolute Gasteiger partial charge is 0.303 e. The van der Waals surface area contributed by atoms with Crippen LogP contribution in [0.15, 0.2) is 41.4 Å². The molecule has 1 aliphatic heterocycles. The van der Waals surface area contributed by atoms with E-state index in [-0.39, 0.29) is 17.6 Å². The van der Waals surface area contributed by atoms with E-state index < -0.39 is 5.97 Å². The lowest BCUT2D eigenvalue weighted by Gasteiger charge is -2.11. The summed E-state index contributed by atoms with van der Waals surface area (Å²) < 4.78 is 0. The molecule has 1 fully saturated rings. The van der Waals surface area contributed by atoms with Crippen molar-refractivity contribution in [1.82, 2.24) is 9.88 Å². The summed E-state index contributed by atoms with van der Waals surface area (Å²) in [7, 11) is 0. The van der Waals surface area contributed by atoms with Crippen molar-refractivity contribution in [3.63, 3.8) is 0 Å². The van der Waals surface area contributed by atoms with E-state index in [1.54, 1.807) is 12.3 Å². The van der Waals surface area contributed by atoms with Crippen LogP contribution in [-0.4, -0.2) is 38.7 Å². The van der Waals surface area contributed by atoms with Crippen LogP contribution in [0.2, 0.25) is 0 Å². The molecule has 3 rings (SSSR count). The van der Waals surface area contributed by atoms with Gasteiger partial charge in [0.15, 0.2) is 0 Å². The number of rotatable bonds is 8. The highest BCUT2D eigenvalue weighted by Crippen LogP contribution is 2.32. The lowest BCUT2D eigenvalue weighted by atomic mass is 10.1. The number of imide groups is 1. The molecule has 0 aliphatic carbocycles. The van der Waals surface area contributed by atoms with Crippen LogP contribution in [0.3, 0.4) is 0 Å². The number of carboxylic acid groups (broad SMARTS) is 1. The van der Waals surface area contributed by atoms with Crippen molar-refractivity contribution in [2.24, 2.45) is 0 Å². The van der Waals surface area contributed by atoms with Gasteiger partial charge in [0.2, 0.25) is 0 Å². The Morgan fingerprint density at radius 1 is 1.15 bits per heavy atom. The maximum Gasteiger partial charge on any atom is 0.303 e. The minimum Gasteiger partial charge on any atom is -0.481 e. The average Bonchev–Trinajstić information content (AvgIpc) is 2.91. The van der Waals surface area contributed by atoms with E-state index in [2.05, 4.69) is 4.98 Å². The molecular weight excluding hydrogens is 364 g/mol. The number of unbranched alkanes of at least 4 members (excludes halogenated alkanes) is 3. The highest BCUT2D eigenvalue weighted by atomic mass is 32.2. The number of benzene rings is 1. The van der Waals surface area contributed by atoms with Crippen molar-refractivity contribution in [3.8, 4) is 0 Å². The number of amides is 2. The molecule has 0 radical (unpaired) electrons. The Balaban J connectivity index is 1.59. The quantitative estimate of drug-likeness (QED) is 0.539. The van der Waals surface area contributed by atoms with Crippen LogP contribution in [0.4, 0.5) is 4.79 Å². The number of carbonyl (C=O) groups is 3. The molecule has 0 spiro atoms. The Morgan fingerprint density at radius 3 is 2.74 bits per heavy atom. The summed E-state index contributed by atoms with van der Waals surface area (Å²) in [5.74, 6) is -1.07. The minimum absolute atomic E-state index is 0.157. The Kier molecular flexibility index (Phi) is 6.24. The van der Waals surface area contributed by atoms with Gasteiger partial charge >= 0.3 is 5.97 Å². The molecule has 1 aromatic carbocycles. The number of nitrogens with zero attached hydrogens (tertiary/aromatic N) is 2. The van der Waals surface area contributed by atoms with Gasteiger partial charge in [-0.05, 0) is 48.4 Å². The van der Waals surface area contributed by atoms with Crippen molar-refractivity contribution >= 4 is 45.9 Å². The van der Waals surface area contributed by atoms with Crippen LogP contribution in [0.5, 0.6) is 0 Å². The Hall–Kier alpha value is -2.67. The Bertz CT molecular complexity index is 910. The van der Waals surface area contributed by atoms with E-state index in [1.165, 1.54) is 4.90 Å². The first-order chi connectivity index (χ1) is 13.0. The molecule has 1 aliphatic rings. The highest BCUT2D eigenvalue weighted by molar-refractivity contribution is 8.18. The lowest BCUT2D eigenvalue weighted by molar-refractivity contribution is -0.137. The summed E-state index contributed by atoms with van der Waals surface area (Å²) in [6.07, 6.45) is 6.43. The van der Waals surface area contributed by atoms with Crippen LogP contribution < -0.4 is 0 Å². The normalized spacial score (nSPS) is 15.9. The maximum absolute atomic E-state index is 12.5. The molecule has 2 aromatic rings. The number of aliphatic carboxylic acids is 1. The second-order valence-electron chi connectivity index (χ2n) is 6.35. The molecule has 7 heteroatoms. The molecule has 0 saturated carbocycles. The molecule has 0 unspecified atom stereocenters. The highest BCUT2D eigenvalue weighted by Gasteiger charge is 2.34. The summed E-state index contributed by atoms with van der Waals surface area (Å²) in [5, 5.41) is 9.33. The molecule has 2 heterocycles. The van der Waals surface area contributed by atoms with Gasteiger partial charge in [0.05, 0.1) is 10.4 Å². The van der Waals surface area contributed by atoms with E-state index in [4.69, 9.17) is 5.11 Å². The first-order valence-electron chi connectivity index (χ1n) is 8.86. The van der Waals surface area contributed by atoms with Crippen molar-refractivity contribution in [1.29, 1.82) is 0 Å². The molecule has 0 bridgehead atoms. The number of hydrogen-bond donors (Lipinski definition) is 1. The fraction of sp³-hybridized carbons (Fsp3) is 0.300. The van der Waals surface area contributed by atoms with Gasteiger partial charge in [-0.25, -0.2) is 0 Å². The van der Waals surface area contributed by atoms with Crippen LogP contribution in [0.25, 0.3) is 17.0 Å². The third kappa shape index (κ3) is 4.95. The van der Waals surface area contributed by atoms with Crippen molar-refractivity contribution in [2.45, 2.75) is 32.1 Å². The third-order valence-electron chi connectivity index (χ3n) is 4.31. The van der Waals surface area contributed by atoms with E-state index in [0.717, 1.165) is 41.1 Å². The van der Waals surface area contributed by atoms with Crippen LogP contribution in [0, 0.1) is 0 Å². The second-order valence-corrected chi connectivity index (χ2v) is 7.35. The summed E-state index contributed by atoms with van der Waals surface area (Å²) in [4.78, 5) is 41.2. The first kappa shape index (κ1) is 19.1. The SMILES string of the molecule is O=C(O)CCCCCCN1C(=O)S/C(=C\c2cnc3ccccc3c2)C1=O. The number of pyridine rings is 1. The van der Waals surface area contributed by atoms with E-state index in [1.807, 2.05) is 30.3 Å². The minimum atomic E-state index is -0.797. The number of hydrogen-bond acceptors (Lipinski definition) is 5. The number of carboxylic acids is 1. The van der Waals surface area contributed by atoms with Gasteiger partial charge in [-0.3, -0.25) is 24.3 Å². The summed E-state index contributed by atoms with van der Waals surface area (Å²) in [6.45, 7) is 0.366. The molecule has 140 valence electrons. The number of carbonyl (C=O) groups excluding carboxylic acids is 2. The molecule has 27 heavy (non-hydrogen) atoms. The summed E-state index contributed by atoms with van der Waals surface area (Å²) in [6, 6.07) is 9.66. The van der Waals surface area contributed by atoms with Gasteiger partial charge < -0.3 is 5.11 Å². The first-order valence-corrected chi connectivity index (χ1v) is 9.68. The fourth-order valence-corrected chi connectivity index (χ4v) is 3.78. The topological polar surface area (TPSA) is 87.6 Å². The molecular formula is C20H20N2O4S. The fourth-order valence-electron chi connectivity index (χ4n) is 2.91. The van der Waals surface area contributed by atoms with Crippen molar-refractivity contribution in [3.05, 3.63) is 47.0 Å². The van der Waals surface area contributed by atoms with Gasteiger partial charge in [-0.1, -0.05) is 31.0 Å². The zero-order valence-corrected chi connectivity index (χ0v) is 15.6. The van der Waals surface area contributed by atoms with E-state index >= 15 is 0 Å². The van der Waals surface area contributed by atoms with Crippen LogP contribution in [0.1, 0.15) is 37.7 Å². The third-order valence-corrected chi connectivity index (χ3v) is 5.21. The van der Waals surface area contributed by atoms with Gasteiger partial charge in [0, 0.05) is 24.5 Å². The predicted octanol–water partition coefficient (Wildman–Crippen LogP) is 4.31.